The zero-order valence-electron chi connectivity index (χ0n) is 14.1. The maximum absolute atomic E-state index is 12.9. The van der Waals surface area contributed by atoms with Crippen LogP contribution in [0.3, 0.4) is 0 Å². The molecular formula is C16H18F3NO6. The monoisotopic (exact) mass is 377 g/mol. The fourth-order valence-electron chi connectivity index (χ4n) is 2.40. The number of halogens is 3. The van der Waals surface area contributed by atoms with Crippen LogP contribution in [0.1, 0.15) is 30.9 Å². The van der Waals surface area contributed by atoms with Crippen LogP contribution in [0.15, 0.2) is 24.3 Å². The Morgan fingerprint density at radius 1 is 1.15 bits per heavy atom. The number of ether oxygens (including phenoxy) is 2. The van der Waals surface area contributed by atoms with E-state index in [0.29, 0.717) is 6.07 Å². The number of nitrogens with zero attached hydrogens (tertiary/aromatic N) is 1. The van der Waals surface area contributed by atoms with Crippen LogP contribution in [0.2, 0.25) is 0 Å². The summed E-state index contributed by atoms with van der Waals surface area (Å²) in [6, 6.07) is 3.71. The van der Waals surface area contributed by atoms with Gasteiger partial charge in [0.15, 0.2) is 5.92 Å². The maximum atomic E-state index is 12.9. The minimum Gasteiger partial charge on any atom is -0.465 e. The van der Waals surface area contributed by atoms with Crippen molar-refractivity contribution in [2.75, 3.05) is 19.8 Å². The van der Waals surface area contributed by atoms with Gasteiger partial charge in [0.25, 0.3) is 0 Å². The lowest BCUT2D eigenvalue weighted by molar-refractivity contribution is -0.484. The molecule has 0 fully saturated rings. The maximum Gasteiger partial charge on any atom is 0.416 e. The van der Waals surface area contributed by atoms with Crippen LogP contribution in [0.5, 0.6) is 0 Å². The summed E-state index contributed by atoms with van der Waals surface area (Å²) in [6.07, 6.45) is -4.68. The zero-order chi connectivity index (χ0) is 19.9. The number of hydrogen-bond donors (Lipinski definition) is 0. The highest BCUT2D eigenvalue weighted by Crippen LogP contribution is 2.34. The molecule has 0 aromatic heterocycles. The number of benzene rings is 1. The normalized spacial score (nSPS) is 12.5. The van der Waals surface area contributed by atoms with Crippen molar-refractivity contribution in [2.45, 2.75) is 25.9 Å². The number of esters is 2. The Bertz CT molecular complexity index is 644. The molecule has 0 aliphatic rings. The van der Waals surface area contributed by atoms with Crippen molar-refractivity contribution in [1.82, 2.24) is 0 Å². The van der Waals surface area contributed by atoms with Gasteiger partial charge in [0.1, 0.15) is 0 Å². The number of alkyl halides is 3. The zero-order valence-corrected chi connectivity index (χ0v) is 14.1. The van der Waals surface area contributed by atoms with E-state index >= 15 is 0 Å². The Morgan fingerprint density at radius 3 is 2.12 bits per heavy atom. The Hall–Kier alpha value is -2.65. The molecule has 144 valence electrons. The molecule has 0 aliphatic heterocycles. The van der Waals surface area contributed by atoms with E-state index < -0.39 is 47.0 Å². The van der Waals surface area contributed by atoms with Crippen LogP contribution in [-0.4, -0.2) is 36.6 Å². The Kier molecular flexibility index (Phi) is 7.54. The predicted octanol–water partition coefficient (Wildman–Crippen LogP) is 2.81. The average molecular weight is 377 g/mol. The molecule has 0 saturated carbocycles. The van der Waals surface area contributed by atoms with Crippen molar-refractivity contribution in [3.8, 4) is 0 Å². The van der Waals surface area contributed by atoms with E-state index in [0.717, 1.165) is 12.1 Å². The summed E-state index contributed by atoms with van der Waals surface area (Å²) in [7, 11) is 0. The molecule has 0 amide bonds. The van der Waals surface area contributed by atoms with E-state index in [9.17, 15) is 32.9 Å². The van der Waals surface area contributed by atoms with Crippen LogP contribution in [0.25, 0.3) is 0 Å². The van der Waals surface area contributed by atoms with Gasteiger partial charge in [-0.05, 0) is 25.5 Å². The van der Waals surface area contributed by atoms with Gasteiger partial charge >= 0.3 is 18.1 Å². The second-order valence-electron chi connectivity index (χ2n) is 5.23. The summed E-state index contributed by atoms with van der Waals surface area (Å²) in [5, 5.41) is 11.0. The van der Waals surface area contributed by atoms with Crippen LogP contribution in [0, 0.1) is 16.0 Å². The second-order valence-corrected chi connectivity index (χ2v) is 5.23. The van der Waals surface area contributed by atoms with Gasteiger partial charge in [-0.2, -0.15) is 13.2 Å². The summed E-state index contributed by atoms with van der Waals surface area (Å²) >= 11 is 0. The van der Waals surface area contributed by atoms with Gasteiger partial charge in [-0.25, -0.2) is 0 Å². The summed E-state index contributed by atoms with van der Waals surface area (Å²) in [5.41, 5.74) is -1.22. The fraction of sp³-hybridized carbons (Fsp3) is 0.500. The highest BCUT2D eigenvalue weighted by Gasteiger charge is 2.42. The third kappa shape index (κ3) is 5.71. The molecule has 0 heterocycles. The van der Waals surface area contributed by atoms with Crippen LogP contribution in [-0.2, 0) is 25.2 Å². The van der Waals surface area contributed by atoms with E-state index in [-0.39, 0.29) is 18.8 Å². The third-order valence-corrected chi connectivity index (χ3v) is 3.47. The lowest BCUT2D eigenvalue weighted by Crippen LogP contribution is -2.36. The topological polar surface area (TPSA) is 95.7 Å². The molecule has 0 aliphatic carbocycles. The Morgan fingerprint density at radius 2 is 1.69 bits per heavy atom. The van der Waals surface area contributed by atoms with E-state index in [1.165, 1.54) is 19.9 Å². The first-order chi connectivity index (χ1) is 12.1. The number of hydrogen-bond acceptors (Lipinski definition) is 6. The highest BCUT2D eigenvalue weighted by atomic mass is 19.4. The molecule has 0 unspecified atom stereocenters. The Labute approximate surface area is 147 Å². The van der Waals surface area contributed by atoms with Gasteiger partial charge in [0.2, 0.25) is 6.54 Å². The minimum absolute atomic E-state index is 0.109. The predicted molar refractivity (Wildman–Crippen MR) is 82.8 cm³/mol. The van der Waals surface area contributed by atoms with Gasteiger partial charge in [0.05, 0.1) is 24.7 Å². The van der Waals surface area contributed by atoms with Crippen molar-refractivity contribution in [2.24, 2.45) is 5.92 Å². The first-order valence-electron chi connectivity index (χ1n) is 7.74. The summed E-state index contributed by atoms with van der Waals surface area (Å²) < 4.78 is 48.3. The van der Waals surface area contributed by atoms with E-state index in [4.69, 9.17) is 9.47 Å². The molecular weight excluding hydrogens is 359 g/mol. The van der Waals surface area contributed by atoms with Crippen LogP contribution >= 0.6 is 0 Å². The lowest BCUT2D eigenvalue weighted by Gasteiger charge is -2.22. The molecule has 0 saturated heterocycles. The molecule has 1 aromatic rings. The standard InChI is InChI=1S/C16H18F3NO6/c1-3-25-14(21)13(15(22)26-4-2)12(9-20(23)24)10-6-5-7-11(8-10)16(17,18)19/h5-8,12-13H,3-4,9H2,1-2H3/t12-/m1/s1. The molecule has 1 aromatic carbocycles. The molecule has 10 heteroatoms. The average Bonchev–Trinajstić information content (AvgIpc) is 2.53. The van der Waals surface area contributed by atoms with Crippen LogP contribution in [0.4, 0.5) is 13.2 Å². The van der Waals surface area contributed by atoms with E-state index in [1.807, 2.05) is 0 Å². The lowest BCUT2D eigenvalue weighted by atomic mass is 9.85. The smallest absolute Gasteiger partial charge is 0.416 e. The molecule has 0 bridgehead atoms. The van der Waals surface area contributed by atoms with Gasteiger partial charge in [-0.1, -0.05) is 18.2 Å². The summed E-state index contributed by atoms with van der Waals surface area (Å²) in [6.45, 7) is 1.77. The van der Waals surface area contributed by atoms with Gasteiger partial charge in [0, 0.05) is 4.92 Å². The van der Waals surface area contributed by atoms with Crippen molar-refractivity contribution in [3.63, 3.8) is 0 Å². The molecule has 1 rings (SSSR count). The van der Waals surface area contributed by atoms with Crippen molar-refractivity contribution in [1.29, 1.82) is 0 Å². The molecule has 1 atom stereocenters. The van der Waals surface area contributed by atoms with Crippen LogP contribution < -0.4 is 0 Å². The molecule has 0 spiro atoms. The SMILES string of the molecule is CCOC(=O)C(C(=O)OCC)[C@H](C[N+](=O)[O-])c1cccc(C(F)(F)F)c1. The van der Waals surface area contributed by atoms with Gasteiger partial charge < -0.3 is 9.47 Å². The molecule has 26 heavy (non-hydrogen) atoms. The highest BCUT2D eigenvalue weighted by molar-refractivity contribution is 5.96. The Balaban J connectivity index is 3.42. The molecule has 7 nitrogen and oxygen atoms in total. The second kappa shape index (κ2) is 9.16. The van der Waals surface area contributed by atoms with Crippen molar-refractivity contribution < 1.29 is 37.2 Å². The van der Waals surface area contributed by atoms with Crippen molar-refractivity contribution >= 4 is 11.9 Å². The molecule has 0 radical (unpaired) electrons. The van der Waals surface area contributed by atoms with E-state index in [1.54, 1.807) is 0 Å². The number of rotatable bonds is 8. The van der Waals surface area contributed by atoms with Gasteiger partial charge in [-0.15, -0.1) is 0 Å². The first-order valence-corrected chi connectivity index (χ1v) is 7.74. The summed E-state index contributed by atoms with van der Waals surface area (Å²) in [4.78, 5) is 34.5. The first kappa shape index (κ1) is 21.4. The van der Waals surface area contributed by atoms with Crippen molar-refractivity contribution in [3.05, 3.63) is 45.5 Å². The quantitative estimate of drug-likeness (QED) is 0.299. The largest absolute Gasteiger partial charge is 0.465 e. The van der Waals surface area contributed by atoms with E-state index in [2.05, 4.69) is 0 Å². The number of carbonyl (C=O) groups is 2. The fourth-order valence-corrected chi connectivity index (χ4v) is 2.40. The minimum atomic E-state index is -4.68. The number of carbonyl (C=O) groups excluding carboxylic acids is 2. The number of nitro groups is 1. The summed E-state index contributed by atoms with van der Waals surface area (Å²) in [5.74, 6) is -5.39. The van der Waals surface area contributed by atoms with Gasteiger partial charge in [-0.3, -0.25) is 19.7 Å². The third-order valence-electron chi connectivity index (χ3n) is 3.47. The molecule has 0 N–H and O–H groups in total.